The van der Waals surface area contributed by atoms with E-state index in [2.05, 4.69) is 10.4 Å². The Balaban J connectivity index is 2.38. The van der Waals surface area contributed by atoms with Crippen LogP contribution < -0.4 is 16.0 Å². The number of halogens is 2. The van der Waals surface area contributed by atoms with Gasteiger partial charge in [-0.3, -0.25) is 10.8 Å². The highest BCUT2D eigenvalue weighted by Gasteiger charge is 2.15. The Morgan fingerprint density at radius 1 is 1.15 bits per heavy atom. The van der Waals surface area contributed by atoms with Crippen LogP contribution in [0.15, 0.2) is 36.7 Å². The maximum absolute atomic E-state index is 6.03. The van der Waals surface area contributed by atoms with Crippen LogP contribution in [0.3, 0.4) is 0 Å². The minimum absolute atomic E-state index is 0.265. The average molecular weight is 312 g/mol. The number of hydrazine groups is 1. The van der Waals surface area contributed by atoms with Crippen LogP contribution in [0.2, 0.25) is 10.0 Å². The second kappa shape index (κ2) is 6.90. The molecule has 106 valence electrons. The molecule has 0 radical (unpaired) electrons. The van der Waals surface area contributed by atoms with Crippen molar-refractivity contribution in [1.82, 2.24) is 10.4 Å². The predicted octanol–water partition coefficient (Wildman–Crippen LogP) is 3.34. The minimum atomic E-state index is -0.265. The summed E-state index contributed by atoms with van der Waals surface area (Å²) in [5.74, 6) is 6.35. The SMILES string of the molecule is CCOc1cncc(C(NN)c2cc(Cl)cc(Cl)c2)c1. The summed E-state index contributed by atoms with van der Waals surface area (Å²) >= 11 is 12.1. The molecule has 1 aromatic carbocycles. The van der Waals surface area contributed by atoms with Gasteiger partial charge in [-0.2, -0.15) is 0 Å². The predicted molar refractivity (Wildman–Crippen MR) is 81.0 cm³/mol. The molecule has 1 unspecified atom stereocenters. The Labute approximate surface area is 127 Å². The number of hydrogen-bond acceptors (Lipinski definition) is 4. The van der Waals surface area contributed by atoms with Gasteiger partial charge in [0.15, 0.2) is 0 Å². The molecule has 0 aliphatic heterocycles. The van der Waals surface area contributed by atoms with E-state index < -0.39 is 0 Å². The van der Waals surface area contributed by atoms with Crippen molar-refractivity contribution in [1.29, 1.82) is 0 Å². The zero-order chi connectivity index (χ0) is 14.5. The molecular weight excluding hydrogens is 297 g/mol. The van der Waals surface area contributed by atoms with E-state index in [1.165, 1.54) is 0 Å². The van der Waals surface area contributed by atoms with Gasteiger partial charge in [0.05, 0.1) is 18.8 Å². The third-order valence-corrected chi connectivity index (χ3v) is 3.20. The molecule has 3 N–H and O–H groups in total. The highest BCUT2D eigenvalue weighted by molar-refractivity contribution is 6.34. The van der Waals surface area contributed by atoms with Gasteiger partial charge in [0, 0.05) is 16.2 Å². The van der Waals surface area contributed by atoms with Crippen LogP contribution in [-0.4, -0.2) is 11.6 Å². The number of nitrogens with two attached hydrogens (primary N) is 1. The molecule has 0 amide bonds. The highest BCUT2D eigenvalue weighted by Crippen LogP contribution is 2.28. The first-order valence-electron chi connectivity index (χ1n) is 6.14. The van der Waals surface area contributed by atoms with Crippen molar-refractivity contribution < 1.29 is 4.74 Å². The molecule has 4 nitrogen and oxygen atoms in total. The number of ether oxygens (including phenoxy) is 1. The van der Waals surface area contributed by atoms with Gasteiger partial charge in [0.25, 0.3) is 0 Å². The quantitative estimate of drug-likeness (QED) is 0.657. The molecule has 0 bridgehead atoms. The van der Waals surface area contributed by atoms with Crippen LogP contribution in [-0.2, 0) is 0 Å². The molecule has 1 aromatic heterocycles. The summed E-state index contributed by atoms with van der Waals surface area (Å²) in [5, 5.41) is 1.11. The molecule has 0 saturated carbocycles. The van der Waals surface area contributed by atoms with Gasteiger partial charge in [-0.25, -0.2) is 5.43 Å². The summed E-state index contributed by atoms with van der Waals surface area (Å²) in [6.07, 6.45) is 3.38. The van der Waals surface area contributed by atoms with Gasteiger partial charge >= 0.3 is 0 Å². The number of rotatable bonds is 5. The third kappa shape index (κ3) is 3.61. The van der Waals surface area contributed by atoms with Crippen molar-refractivity contribution in [2.75, 3.05) is 6.61 Å². The first kappa shape index (κ1) is 15.1. The van der Waals surface area contributed by atoms with Crippen LogP contribution in [0.1, 0.15) is 24.1 Å². The highest BCUT2D eigenvalue weighted by atomic mass is 35.5. The van der Waals surface area contributed by atoms with Gasteiger partial charge in [-0.05, 0) is 42.3 Å². The molecule has 1 atom stereocenters. The first-order chi connectivity index (χ1) is 9.63. The fraction of sp³-hybridized carbons (Fsp3) is 0.214. The normalized spacial score (nSPS) is 12.2. The van der Waals surface area contributed by atoms with Crippen LogP contribution in [0.4, 0.5) is 0 Å². The fourth-order valence-corrected chi connectivity index (χ4v) is 2.51. The molecule has 0 fully saturated rings. The Kier molecular flexibility index (Phi) is 5.20. The number of pyridine rings is 1. The van der Waals surface area contributed by atoms with E-state index in [-0.39, 0.29) is 6.04 Å². The third-order valence-electron chi connectivity index (χ3n) is 2.76. The van der Waals surface area contributed by atoms with Gasteiger partial charge in [-0.15, -0.1) is 0 Å². The summed E-state index contributed by atoms with van der Waals surface area (Å²) in [5.41, 5.74) is 4.48. The number of benzene rings is 1. The van der Waals surface area contributed by atoms with Crippen LogP contribution in [0.25, 0.3) is 0 Å². The summed E-state index contributed by atoms with van der Waals surface area (Å²) in [6.45, 7) is 2.50. The number of nitrogens with one attached hydrogen (secondary N) is 1. The van der Waals surface area contributed by atoms with Crippen molar-refractivity contribution in [3.63, 3.8) is 0 Å². The van der Waals surface area contributed by atoms with E-state index in [9.17, 15) is 0 Å². The summed E-state index contributed by atoms with van der Waals surface area (Å²) < 4.78 is 5.44. The van der Waals surface area contributed by atoms with Crippen molar-refractivity contribution in [2.24, 2.45) is 5.84 Å². The summed E-state index contributed by atoms with van der Waals surface area (Å²) in [7, 11) is 0. The van der Waals surface area contributed by atoms with E-state index in [1.807, 2.05) is 25.1 Å². The Morgan fingerprint density at radius 3 is 2.45 bits per heavy atom. The lowest BCUT2D eigenvalue weighted by molar-refractivity contribution is 0.338. The molecular formula is C14H15Cl2N3O. The number of hydrogen-bond donors (Lipinski definition) is 2. The zero-order valence-corrected chi connectivity index (χ0v) is 12.4. The molecule has 6 heteroatoms. The summed E-state index contributed by atoms with van der Waals surface area (Å²) in [6, 6.07) is 6.92. The smallest absolute Gasteiger partial charge is 0.137 e. The summed E-state index contributed by atoms with van der Waals surface area (Å²) in [4.78, 5) is 4.16. The lowest BCUT2D eigenvalue weighted by Gasteiger charge is -2.18. The molecule has 2 aromatic rings. The van der Waals surface area contributed by atoms with Crippen molar-refractivity contribution >= 4 is 23.2 Å². The largest absolute Gasteiger partial charge is 0.492 e. The lowest BCUT2D eigenvalue weighted by Crippen LogP contribution is -2.29. The van der Waals surface area contributed by atoms with Gasteiger partial charge < -0.3 is 4.74 Å². The van der Waals surface area contributed by atoms with Crippen LogP contribution in [0.5, 0.6) is 5.75 Å². The topological polar surface area (TPSA) is 60.2 Å². The maximum atomic E-state index is 6.03. The molecule has 0 spiro atoms. The lowest BCUT2D eigenvalue weighted by atomic mass is 10.0. The Morgan fingerprint density at radius 2 is 1.85 bits per heavy atom. The first-order valence-corrected chi connectivity index (χ1v) is 6.89. The zero-order valence-electron chi connectivity index (χ0n) is 10.9. The molecule has 0 aliphatic rings. The molecule has 0 saturated heterocycles. The Hall–Kier alpha value is -1.33. The molecule has 1 heterocycles. The van der Waals surface area contributed by atoms with Crippen LogP contribution >= 0.6 is 23.2 Å². The van der Waals surface area contributed by atoms with E-state index in [0.717, 1.165) is 11.1 Å². The van der Waals surface area contributed by atoms with E-state index >= 15 is 0 Å². The van der Waals surface area contributed by atoms with E-state index in [4.69, 9.17) is 33.8 Å². The van der Waals surface area contributed by atoms with Crippen molar-refractivity contribution in [3.05, 3.63) is 57.8 Å². The van der Waals surface area contributed by atoms with Crippen LogP contribution in [0, 0.1) is 0 Å². The maximum Gasteiger partial charge on any atom is 0.137 e. The minimum Gasteiger partial charge on any atom is -0.492 e. The second-order valence-electron chi connectivity index (χ2n) is 4.19. The van der Waals surface area contributed by atoms with E-state index in [0.29, 0.717) is 22.4 Å². The molecule has 20 heavy (non-hydrogen) atoms. The number of nitrogens with zero attached hydrogens (tertiary/aromatic N) is 1. The monoisotopic (exact) mass is 311 g/mol. The number of aromatic nitrogens is 1. The fourth-order valence-electron chi connectivity index (χ4n) is 1.97. The van der Waals surface area contributed by atoms with Gasteiger partial charge in [-0.1, -0.05) is 23.2 Å². The van der Waals surface area contributed by atoms with Crippen molar-refractivity contribution in [3.8, 4) is 5.75 Å². The average Bonchev–Trinajstić information content (AvgIpc) is 2.39. The van der Waals surface area contributed by atoms with Gasteiger partial charge in [0.1, 0.15) is 5.75 Å². The van der Waals surface area contributed by atoms with E-state index in [1.54, 1.807) is 18.5 Å². The molecule has 0 aliphatic carbocycles. The Bertz CT molecular complexity index is 572. The molecule has 2 rings (SSSR count). The van der Waals surface area contributed by atoms with Gasteiger partial charge in [0.2, 0.25) is 0 Å². The second-order valence-corrected chi connectivity index (χ2v) is 5.06. The standard InChI is InChI=1S/C14H15Cl2N3O/c1-2-20-13-5-10(7-18-8-13)14(19-17)9-3-11(15)6-12(16)4-9/h3-8,14,19H,2,17H2,1H3. The van der Waals surface area contributed by atoms with Crippen molar-refractivity contribution in [2.45, 2.75) is 13.0 Å².